The number of rotatable bonds is 3. The third-order valence-corrected chi connectivity index (χ3v) is 4.27. The van der Waals surface area contributed by atoms with E-state index in [-0.39, 0.29) is 33.3 Å². The SMILES string of the molecule is Bc1c(F)c(F)cc2c(=O)c(C(=O)O)cn(-c3cc(N)c(F)cc3CO)c12. The number of hydrogen-bond donors (Lipinski definition) is 3. The molecule has 0 bridgehead atoms. The van der Waals surface area contributed by atoms with Gasteiger partial charge in [0.2, 0.25) is 5.43 Å². The number of aliphatic hydroxyl groups is 1. The molecule has 4 N–H and O–H groups in total. The van der Waals surface area contributed by atoms with E-state index in [0.717, 1.165) is 22.9 Å². The zero-order chi connectivity index (χ0) is 20.0. The van der Waals surface area contributed by atoms with Crippen LogP contribution in [0.2, 0.25) is 0 Å². The van der Waals surface area contributed by atoms with Crippen LogP contribution in [0.3, 0.4) is 0 Å². The van der Waals surface area contributed by atoms with Crippen molar-refractivity contribution in [2.75, 3.05) is 5.73 Å². The number of aromatic nitrogens is 1. The van der Waals surface area contributed by atoms with Crippen LogP contribution in [-0.2, 0) is 6.61 Å². The molecule has 3 rings (SSSR count). The zero-order valence-electron chi connectivity index (χ0n) is 13.9. The van der Waals surface area contributed by atoms with E-state index in [0.29, 0.717) is 6.07 Å². The quantitative estimate of drug-likeness (QED) is 0.455. The van der Waals surface area contributed by atoms with Crippen LogP contribution in [0.1, 0.15) is 15.9 Å². The number of pyridine rings is 1. The minimum absolute atomic E-state index is 0.00659. The zero-order valence-corrected chi connectivity index (χ0v) is 13.9. The Kier molecular flexibility index (Phi) is 4.44. The molecule has 1 aromatic heterocycles. The maximum atomic E-state index is 14.1. The normalized spacial score (nSPS) is 11.1. The molecule has 0 aliphatic heterocycles. The van der Waals surface area contributed by atoms with E-state index in [4.69, 9.17) is 5.73 Å². The van der Waals surface area contributed by atoms with Crippen molar-refractivity contribution in [1.82, 2.24) is 4.57 Å². The van der Waals surface area contributed by atoms with Crippen LogP contribution < -0.4 is 16.6 Å². The minimum Gasteiger partial charge on any atom is -0.477 e. The van der Waals surface area contributed by atoms with Crippen LogP contribution in [0.25, 0.3) is 16.6 Å². The highest BCUT2D eigenvalue weighted by Gasteiger charge is 2.22. The molecule has 6 nitrogen and oxygen atoms in total. The van der Waals surface area contributed by atoms with E-state index >= 15 is 0 Å². The Morgan fingerprint density at radius 2 is 1.85 bits per heavy atom. The monoisotopic (exact) mass is 376 g/mol. The lowest BCUT2D eigenvalue weighted by Crippen LogP contribution is -2.25. The lowest BCUT2D eigenvalue weighted by molar-refractivity contribution is 0.0695. The molecule has 138 valence electrons. The molecule has 0 atom stereocenters. The molecule has 0 aliphatic rings. The molecule has 3 aromatic rings. The third kappa shape index (κ3) is 2.83. The number of nitrogen functional groups attached to an aromatic ring is 1. The lowest BCUT2D eigenvalue weighted by Gasteiger charge is -2.18. The van der Waals surface area contributed by atoms with Crippen LogP contribution >= 0.6 is 0 Å². The van der Waals surface area contributed by atoms with Gasteiger partial charge in [0.05, 0.1) is 23.5 Å². The number of aliphatic hydroxyl groups excluding tert-OH is 1. The largest absolute Gasteiger partial charge is 0.477 e. The highest BCUT2D eigenvalue weighted by atomic mass is 19.2. The molecule has 0 aliphatic carbocycles. The van der Waals surface area contributed by atoms with Crippen LogP contribution in [0, 0.1) is 17.5 Å². The number of anilines is 1. The van der Waals surface area contributed by atoms with Gasteiger partial charge in [-0.05, 0) is 23.7 Å². The number of carbonyl (C=O) groups is 1. The van der Waals surface area contributed by atoms with Crippen LogP contribution in [0.15, 0.2) is 29.2 Å². The Morgan fingerprint density at radius 3 is 2.44 bits per heavy atom. The molecular weight excluding hydrogens is 364 g/mol. The lowest BCUT2D eigenvalue weighted by atomic mass is 9.91. The average Bonchev–Trinajstić information content (AvgIpc) is 2.62. The van der Waals surface area contributed by atoms with E-state index in [9.17, 15) is 33.0 Å². The summed E-state index contributed by atoms with van der Waals surface area (Å²) in [6, 6.07) is 2.65. The van der Waals surface area contributed by atoms with Crippen molar-refractivity contribution < 1.29 is 28.2 Å². The van der Waals surface area contributed by atoms with E-state index in [2.05, 4.69) is 0 Å². The van der Waals surface area contributed by atoms with Gasteiger partial charge in [-0.25, -0.2) is 18.0 Å². The summed E-state index contributed by atoms with van der Waals surface area (Å²) in [4.78, 5) is 23.9. The number of hydrogen-bond acceptors (Lipinski definition) is 4. The van der Waals surface area contributed by atoms with Crippen molar-refractivity contribution in [2.24, 2.45) is 0 Å². The fourth-order valence-corrected chi connectivity index (χ4v) is 2.94. The molecule has 0 radical (unpaired) electrons. The molecule has 10 heteroatoms. The first-order valence-electron chi connectivity index (χ1n) is 7.63. The van der Waals surface area contributed by atoms with Crippen LogP contribution in [0.4, 0.5) is 18.9 Å². The number of fused-ring (bicyclic) bond motifs is 1. The number of nitrogens with two attached hydrogens (primary N) is 1. The Labute approximate surface area is 150 Å². The maximum Gasteiger partial charge on any atom is 0.341 e. The molecule has 1 heterocycles. The van der Waals surface area contributed by atoms with Gasteiger partial charge in [0.25, 0.3) is 0 Å². The second-order valence-corrected chi connectivity index (χ2v) is 5.90. The van der Waals surface area contributed by atoms with Gasteiger partial charge >= 0.3 is 5.97 Å². The molecule has 0 spiro atoms. The number of nitrogens with zero attached hydrogens (tertiary/aromatic N) is 1. The second kappa shape index (κ2) is 6.47. The molecule has 0 amide bonds. The Bertz CT molecular complexity index is 1180. The summed E-state index contributed by atoms with van der Waals surface area (Å²) < 4.78 is 42.8. The van der Waals surface area contributed by atoms with Crippen LogP contribution in [0.5, 0.6) is 0 Å². The predicted molar refractivity (Wildman–Crippen MR) is 94.9 cm³/mol. The highest BCUT2D eigenvalue weighted by molar-refractivity contribution is 6.38. The molecule has 27 heavy (non-hydrogen) atoms. The van der Waals surface area contributed by atoms with E-state index in [1.54, 1.807) is 0 Å². The minimum atomic E-state index is -1.58. The van der Waals surface area contributed by atoms with Gasteiger partial charge in [-0.3, -0.25) is 4.79 Å². The number of carboxylic acid groups (broad SMARTS) is 1. The predicted octanol–water partition coefficient (Wildman–Crippen LogP) is 0.439. The first-order chi connectivity index (χ1) is 12.7. The van der Waals surface area contributed by atoms with Crippen molar-refractivity contribution in [3.63, 3.8) is 0 Å². The van der Waals surface area contributed by atoms with E-state index in [1.807, 2.05) is 0 Å². The van der Waals surface area contributed by atoms with Gasteiger partial charge in [0, 0.05) is 17.1 Å². The maximum absolute atomic E-state index is 14.1. The third-order valence-electron chi connectivity index (χ3n) is 4.27. The second-order valence-electron chi connectivity index (χ2n) is 5.90. The van der Waals surface area contributed by atoms with Crippen molar-refractivity contribution >= 4 is 35.9 Å². The van der Waals surface area contributed by atoms with Gasteiger partial charge in [-0.15, -0.1) is 0 Å². The van der Waals surface area contributed by atoms with Crippen molar-refractivity contribution in [3.05, 3.63) is 63.2 Å². The van der Waals surface area contributed by atoms with Crippen molar-refractivity contribution in [3.8, 4) is 5.69 Å². The average molecular weight is 376 g/mol. The first kappa shape index (κ1) is 18.5. The Balaban J connectivity index is 2.59. The smallest absolute Gasteiger partial charge is 0.341 e. The van der Waals surface area contributed by atoms with Gasteiger partial charge in [-0.2, -0.15) is 0 Å². The molecule has 0 saturated heterocycles. The molecule has 0 fully saturated rings. The number of carboxylic acids is 1. The van der Waals surface area contributed by atoms with E-state index < -0.39 is 41.0 Å². The highest BCUT2D eigenvalue weighted by Crippen LogP contribution is 2.25. The van der Waals surface area contributed by atoms with Gasteiger partial charge in [-0.1, -0.05) is 0 Å². The van der Waals surface area contributed by atoms with Gasteiger partial charge < -0.3 is 20.5 Å². The van der Waals surface area contributed by atoms with E-state index in [1.165, 1.54) is 7.85 Å². The summed E-state index contributed by atoms with van der Waals surface area (Å²) in [5, 5.41) is 18.5. The number of aromatic carboxylic acids is 1. The summed E-state index contributed by atoms with van der Waals surface area (Å²) in [7, 11) is 1.21. The molecular formula is C17H12BF3N2O4. The molecule has 0 unspecified atom stereocenters. The topological polar surface area (TPSA) is 106 Å². The molecule has 2 aromatic carbocycles. The summed E-state index contributed by atoms with van der Waals surface area (Å²) in [6.45, 7) is -0.648. The Morgan fingerprint density at radius 1 is 1.19 bits per heavy atom. The number of benzene rings is 2. The van der Waals surface area contributed by atoms with Crippen LogP contribution in [-0.4, -0.2) is 28.6 Å². The van der Waals surface area contributed by atoms with Gasteiger partial charge in [0.1, 0.15) is 19.2 Å². The fourth-order valence-electron chi connectivity index (χ4n) is 2.94. The summed E-state index contributed by atoms with van der Waals surface area (Å²) in [5.74, 6) is -4.94. The first-order valence-corrected chi connectivity index (χ1v) is 7.63. The summed E-state index contributed by atoms with van der Waals surface area (Å²) >= 11 is 0. The number of halogens is 3. The van der Waals surface area contributed by atoms with Gasteiger partial charge in [0.15, 0.2) is 11.6 Å². The Hall–Kier alpha value is -3.27. The standard InChI is InChI=1S/C17H12BF3N2O4/c18-13-14(21)10(20)2-7-15(13)23(4-8(16(7)25)17(26)27)12-3-11(22)9(19)1-6(12)5-24/h1-4,24H,5,18,22H2,(H,26,27). The van der Waals surface area contributed by atoms with Crippen molar-refractivity contribution in [1.29, 1.82) is 0 Å². The molecule has 0 saturated carbocycles. The van der Waals surface area contributed by atoms with Crippen molar-refractivity contribution in [2.45, 2.75) is 6.61 Å². The fraction of sp³-hybridized carbons (Fsp3) is 0.0588. The summed E-state index contributed by atoms with van der Waals surface area (Å²) in [5.41, 5.74) is 3.19. The summed E-state index contributed by atoms with van der Waals surface area (Å²) in [6.07, 6.45) is 0.906.